The summed E-state index contributed by atoms with van der Waals surface area (Å²) in [7, 11) is 0. The molecule has 4 atom stereocenters. The molecule has 47 heavy (non-hydrogen) atoms. The van der Waals surface area contributed by atoms with Gasteiger partial charge in [-0.2, -0.15) is 24.9 Å². The van der Waals surface area contributed by atoms with Crippen LogP contribution in [0.5, 0.6) is 0 Å². The van der Waals surface area contributed by atoms with Gasteiger partial charge >= 0.3 is 6.18 Å². The summed E-state index contributed by atoms with van der Waals surface area (Å²) in [6.07, 6.45) is -1.59. The number of H-pyrrole nitrogens is 1. The maximum atomic E-state index is 14.4. The summed E-state index contributed by atoms with van der Waals surface area (Å²) < 4.78 is 56.0. The van der Waals surface area contributed by atoms with Gasteiger partial charge in [0.1, 0.15) is 17.1 Å². The van der Waals surface area contributed by atoms with Crippen LogP contribution in [-0.4, -0.2) is 45.0 Å². The van der Waals surface area contributed by atoms with Crippen molar-refractivity contribution >= 4 is 57.3 Å². The highest BCUT2D eigenvalue weighted by Gasteiger charge is 2.46. The number of amides is 1. The Morgan fingerprint density at radius 1 is 1.13 bits per heavy atom. The molecule has 1 heterocycles. The van der Waals surface area contributed by atoms with E-state index in [4.69, 9.17) is 18.0 Å². The lowest BCUT2D eigenvalue weighted by molar-refractivity contribution is -0.137. The van der Waals surface area contributed by atoms with Crippen LogP contribution in [0.25, 0.3) is 10.9 Å². The molecule has 1 aliphatic rings. The van der Waals surface area contributed by atoms with Gasteiger partial charge in [-0.05, 0) is 60.4 Å². The minimum absolute atomic E-state index is 0.0306. The molecular formula is C35H41F4N3O3S2. The zero-order valence-corrected chi connectivity index (χ0v) is 28.4. The minimum atomic E-state index is -4.59. The predicted molar refractivity (Wildman–Crippen MR) is 182 cm³/mol. The van der Waals surface area contributed by atoms with Crippen molar-refractivity contribution in [1.82, 2.24) is 10.3 Å². The van der Waals surface area contributed by atoms with Crippen molar-refractivity contribution < 1.29 is 31.9 Å². The van der Waals surface area contributed by atoms with E-state index in [2.05, 4.69) is 10.3 Å². The zero-order valence-electron chi connectivity index (χ0n) is 26.8. The number of nitrogens with one attached hydrogen (secondary N) is 2. The Labute approximate surface area is 282 Å². The Morgan fingerprint density at radius 3 is 2.49 bits per heavy atom. The van der Waals surface area contributed by atoms with E-state index in [9.17, 15) is 31.9 Å². The number of Topliss-reactive ketones (excluding diaryl/α,β-unsaturated/α-hetero) is 2. The molecule has 1 aliphatic carbocycles. The van der Waals surface area contributed by atoms with Crippen LogP contribution in [0.4, 0.5) is 17.6 Å². The summed E-state index contributed by atoms with van der Waals surface area (Å²) in [5.74, 6) is -2.40. The first-order valence-electron chi connectivity index (χ1n) is 15.8. The summed E-state index contributed by atoms with van der Waals surface area (Å²) >= 11 is 6.88. The number of carbonyl (C=O) groups is 3. The predicted octanol–water partition coefficient (Wildman–Crippen LogP) is 7.15. The normalized spacial score (nSPS) is 18.3. The summed E-state index contributed by atoms with van der Waals surface area (Å²) in [4.78, 5) is 44.8. The van der Waals surface area contributed by atoms with Gasteiger partial charge in [0, 0.05) is 48.6 Å². The van der Waals surface area contributed by atoms with Gasteiger partial charge in [0.05, 0.1) is 16.1 Å². The maximum Gasteiger partial charge on any atom is 0.418 e. The van der Waals surface area contributed by atoms with Gasteiger partial charge in [-0.3, -0.25) is 14.4 Å². The van der Waals surface area contributed by atoms with Crippen molar-refractivity contribution in [2.75, 3.05) is 12.0 Å². The standard InChI is InChI=1S/C35H41F4N3O3S2/c1-4-20(2)25(18-23(43)16-21-8-5-6-11-28(21)36)33(45)42-34(30(44)17-22(32(40)46)13-15-47-3)14-12-29-26(19-34)24-9-7-10-27(31(24)41-29)35(37,38)39/h5-11,20,22,25,41H,4,12-19H2,1-3H3,(H2,40,46)(H,42,45)/t20?,22-,25+,34-/m1/s1. The summed E-state index contributed by atoms with van der Waals surface area (Å²) in [6, 6.07) is 9.90. The molecule has 4 N–H and O–H groups in total. The highest BCUT2D eigenvalue weighted by Crippen LogP contribution is 2.41. The van der Waals surface area contributed by atoms with Crippen LogP contribution in [-0.2, 0) is 39.8 Å². The van der Waals surface area contributed by atoms with Gasteiger partial charge in [-0.25, -0.2) is 4.39 Å². The van der Waals surface area contributed by atoms with Crippen molar-refractivity contribution in [2.45, 2.75) is 76.9 Å². The molecule has 1 aromatic heterocycles. The van der Waals surface area contributed by atoms with E-state index in [1.54, 1.807) is 23.9 Å². The summed E-state index contributed by atoms with van der Waals surface area (Å²) in [5.41, 5.74) is 5.07. The second-order valence-corrected chi connectivity index (χ2v) is 14.0. The van der Waals surface area contributed by atoms with Gasteiger partial charge < -0.3 is 16.0 Å². The number of hydrogen-bond acceptors (Lipinski definition) is 5. The smallest absolute Gasteiger partial charge is 0.393 e. The Balaban J connectivity index is 1.71. The first-order chi connectivity index (χ1) is 22.2. The SMILES string of the molecule is CCC(C)[C@H](CC(=O)Cc1ccccc1F)C(=O)N[C@]1(C(=O)C[C@@H](CCSC)C(N)=S)CCc2[nH]c3c(C(F)(F)F)cccc3c2C1. The molecule has 1 amide bonds. The highest BCUT2D eigenvalue weighted by atomic mass is 32.2. The molecule has 0 aliphatic heterocycles. The molecule has 0 saturated heterocycles. The van der Waals surface area contributed by atoms with Crippen molar-refractivity contribution in [3.63, 3.8) is 0 Å². The molecule has 1 unspecified atom stereocenters. The van der Waals surface area contributed by atoms with E-state index in [0.29, 0.717) is 35.2 Å². The molecule has 254 valence electrons. The molecule has 0 fully saturated rings. The Kier molecular flexibility index (Phi) is 11.9. The lowest BCUT2D eigenvalue weighted by Gasteiger charge is -2.39. The number of aromatic nitrogens is 1. The number of rotatable bonds is 15. The average molecular weight is 692 g/mol. The number of carbonyl (C=O) groups excluding carboxylic acids is 3. The third kappa shape index (κ3) is 8.43. The highest BCUT2D eigenvalue weighted by molar-refractivity contribution is 7.98. The van der Waals surface area contributed by atoms with Crippen LogP contribution in [0.2, 0.25) is 0 Å². The van der Waals surface area contributed by atoms with Crippen molar-refractivity contribution in [1.29, 1.82) is 0 Å². The van der Waals surface area contributed by atoms with Gasteiger partial charge in [0.2, 0.25) is 5.91 Å². The molecular weight excluding hydrogens is 651 g/mol. The quantitative estimate of drug-likeness (QED) is 0.116. The Morgan fingerprint density at radius 2 is 1.85 bits per heavy atom. The van der Waals surface area contributed by atoms with E-state index >= 15 is 0 Å². The molecule has 0 saturated carbocycles. The van der Waals surface area contributed by atoms with Gasteiger partial charge in [-0.15, -0.1) is 0 Å². The lowest BCUT2D eigenvalue weighted by Crippen LogP contribution is -2.60. The topological polar surface area (TPSA) is 105 Å². The zero-order chi connectivity index (χ0) is 34.5. The number of ketones is 2. The monoisotopic (exact) mass is 691 g/mol. The van der Waals surface area contributed by atoms with Crippen LogP contribution in [0.15, 0.2) is 42.5 Å². The number of nitrogens with two attached hydrogens (primary N) is 1. The molecule has 0 radical (unpaired) electrons. The number of alkyl halides is 3. The summed E-state index contributed by atoms with van der Waals surface area (Å²) in [6.45, 7) is 3.74. The number of hydrogen-bond donors (Lipinski definition) is 3. The summed E-state index contributed by atoms with van der Waals surface area (Å²) in [5, 5.41) is 3.37. The molecule has 6 nitrogen and oxygen atoms in total. The van der Waals surface area contributed by atoms with E-state index in [1.165, 1.54) is 24.3 Å². The number of para-hydroxylation sites is 1. The Hall–Kier alpha value is -3.25. The molecule has 3 aromatic rings. The maximum absolute atomic E-state index is 14.4. The van der Waals surface area contributed by atoms with E-state index in [1.807, 2.05) is 20.1 Å². The van der Waals surface area contributed by atoms with Gasteiger partial charge in [0.15, 0.2) is 5.78 Å². The molecule has 12 heteroatoms. The minimum Gasteiger partial charge on any atom is -0.393 e. The Bertz CT molecular complexity index is 1640. The molecule has 4 rings (SSSR count). The van der Waals surface area contributed by atoms with E-state index in [0.717, 1.165) is 6.07 Å². The number of thiocarbonyl (C=S) groups is 1. The van der Waals surface area contributed by atoms with Crippen molar-refractivity contribution in [3.8, 4) is 0 Å². The fraction of sp³-hybridized carbons (Fsp3) is 0.486. The fourth-order valence-electron chi connectivity index (χ4n) is 6.48. The second-order valence-electron chi connectivity index (χ2n) is 12.6. The number of fused-ring (bicyclic) bond motifs is 3. The first kappa shape index (κ1) is 36.6. The largest absolute Gasteiger partial charge is 0.418 e. The third-order valence-electron chi connectivity index (χ3n) is 9.48. The van der Waals surface area contributed by atoms with Crippen LogP contribution >= 0.6 is 24.0 Å². The van der Waals surface area contributed by atoms with Gasteiger partial charge in [0.25, 0.3) is 0 Å². The first-order valence-corrected chi connectivity index (χ1v) is 17.6. The van der Waals surface area contributed by atoms with Crippen molar-refractivity contribution in [3.05, 3.63) is 70.7 Å². The van der Waals surface area contributed by atoms with Crippen LogP contribution in [0.1, 0.15) is 68.3 Å². The fourth-order valence-corrected chi connectivity index (χ4v) is 7.20. The number of aromatic amines is 1. The van der Waals surface area contributed by atoms with E-state index in [-0.39, 0.29) is 72.1 Å². The van der Waals surface area contributed by atoms with Gasteiger partial charge in [-0.1, -0.05) is 62.8 Å². The number of benzene rings is 2. The number of thioether (sulfide) groups is 1. The lowest BCUT2D eigenvalue weighted by atomic mass is 9.73. The van der Waals surface area contributed by atoms with Crippen LogP contribution in [0, 0.1) is 23.6 Å². The molecule has 0 bridgehead atoms. The molecule has 0 spiro atoms. The second kappa shape index (κ2) is 15.3. The molecule has 2 aromatic carbocycles. The van der Waals surface area contributed by atoms with Crippen LogP contribution < -0.4 is 11.1 Å². The van der Waals surface area contributed by atoms with E-state index < -0.39 is 40.8 Å². The third-order valence-corrected chi connectivity index (χ3v) is 10.5. The van der Waals surface area contributed by atoms with Crippen LogP contribution in [0.3, 0.4) is 0 Å². The van der Waals surface area contributed by atoms with Crippen molar-refractivity contribution in [2.24, 2.45) is 23.5 Å². The number of aryl methyl sites for hydroxylation is 1. The number of halogens is 4. The average Bonchev–Trinajstić information content (AvgIpc) is 3.39.